The third-order valence-corrected chi connectivity index (χ3v) is 5.51. The number of benzene rings is 3. The van der Waals surface area contributed by atoms with E-state index in [9.17, 15) is 9.59 Å². The van der Waals surface area contributed by atoms with Crippen LogP contribution in [0.3, 0.4) is 0 Å². The summed E-state index contributed by atoms with van der Waals surface area (Å²) >= 11 is 0. The number of pyridine rings is 1. The highest BCUT2D eigenvalue weighted by Gasteiger charge is 2.24. The maximum Gasteiger partial charge on any atom is 0.339 e. The van der Waals surface area contributed by atoms with Crippen molar-refractivity contribution in [3.8, 4) is 11.5 Å². The lowest BCUT2D eigenvalue weighted by Crippen LogP contribution is -2.32. The van der Waals surface area contributed by atoms with Crippen LogP contribution in [0.25, 0.3) is 33.3 Å². The van der Waals surface area contributed by atoms with Gasteiger partial charge in [0.05, 0.1) is 5.56 Å². The molecule has 5 aromatic rings. The molecule has 1 amide bonds. The monoisotopic (exact) mass is 451 g/mol. The van der Waals surface area contributed by atoms with Gasteiger partial charge in [0.15, 0.2) is 11.7 Å². The fourth-order valence-corrected chi connectivity index (χ4v) is 3.85. The van der Waals surface area contributed by atoms with E-state index in [2.05, 4.69) is 15.3 Å². The molecule has 7 heteroatoms. The maximum atomic E-state index is 13.3. The van der Waals surface area contributed by atoms with Gasteiger partial charge in [0.2, 0.25) is 5.89 Å². The Morgan fingerprint density at radius 2 is 1.74 bits per heavy atom. The summed E-state index contributed by atoms with van der Waals surface area (Å²) in [6, 6.07) is 21.9. The second-order valence-electron chi connectivity index (χ2n) is 7.72. The summed E-state index contributed by atoms with van der Waals surface area (Å²) in [4.78, 5) is 34.5. The van der Waals surface area contributed by atoms with Gasteiger partial charge < -0.3 is 14.5 Å². The molecule has 2 heterocycles. The molecule has 1 atom stereocenters. The molecule has 34 heavy (non-hydrogen) atoms. The van der Waals surface area contributed by atoms with Crippen LogP contribution in [0.15, 0.2) is 89.6 Å². The number of anilines is 1. The second kappa shape index (κ2) is 9.15. The maximum absolute atomic E-state index is 13.3. The van der Waals surface area contributed by atoms with Gasteiger partial charge in [-0.25, -0.2) is 9.78 Å². The average molecular weight is 451 g/mol. The Morgan fingerprint density at radius 1 is 0.971 bits per heavy atom. The number of fused-ring (bicyclic) bond motifs is 2. The van der Waals surface area contributed by atoms with E-state index >= 15 is 0 Å². The molecule has 168 valence electrons. The first-order valence-electron chi connectivity index (χ1n) is 10.9. The van der Waals surface area contributed by atoms with Gasteiger partial charge in [-0.3, -0.25) is 9.78 Å². The zero-order valence-electron chi connectivity index (χ0n) is 18.4. The fraction of sp³-hybridized carbons (Fsp3) is 0.111. The number of ether oxygens (including phenoxy) is 1. The fourth-order valence-electron chi connectivity index (χ4n) is 3.85. The van der Waals surface area contributed by atoms with Gasteiger partial charge in [-0.2, -0.15) is 0 Å². The molecule has 0 radical (unpaired) electrons. The number of hydrogen-bond donors (Lipinski definition) is 1. The van der Waals surface area contributed by atoms with Gasteiger partial charge in [0.25, 0.3) is 5.91 Å². The molecule has 7 nitrogen and oxygen atoms in total. The zero-order valence-corrected chi connectivity index (χ0v) is 18.4. The Hall–Kier alpha value is -4.52. The SMILES string of the molecule is CCC(OC(=O)c1cccc2cccc(-c3nc4ccccc4o3)c12)C(=O)Nc1ccncc1. The molecule has 0 saturated heterocycles. The molecule has 3 aromatic carbocycles. The van der Waals surface area contributed by atoms with E-state index in [4.69, 9.17) is 9.15 Å². The summed E-state index contributed by atoms with van der Waals surface area (Å²) in [6.07, 6.45) is 2.52. The number of aromatic nitrogens is 2. The minimum atomic E-state index is -0.951. The predicted molar refractivity (Wildman–Crippen MR) is 129 cm³/mol. The first-order valence-corrected chi connectivity index (χ1v) is 10.9. The minimum Gasteiger partial charge on any atom is -0.449 e. The minimum absolute atomic E-state index is 0.325. The number of oxazole rings is 1. The molecule has 0 aliphatic carbocycles. The number of hydrogen-bond acceptors (Lipinski definition) is 6. The lowest BCUT2D eigenvalue weighted by atomic mass is 9.99. The summed E-state index contributed by atoms with van der Waals surface area (Å²) in [5, 5.41) is 4.25. The van der Waals surface area contributed by atoms with E-state index in [0.717, 1.165) is 10.9 Å². The molecule has 0 fully saturated rings. The van der Waals surface area contributed by atoms with Gasteiger partial charge >= 0.3 is 5.97 Å². The molecule has 0 aliphatic heterocycles. The van der Waals surface area contributed by atoms with Gasteiger partial charge in [-0.1, -0.05) is 43.3 Å². The molecule has 1 unspecified atom stereocenters. The number of para-hydroxylation sites is 2. The van der Waals surface area contributed by atoms with Crippen LogP contribution in [-0.2, 0) is 9.53 Å². The van der Waals surface area contributed by atoms with Gasteiger partial charge in [0.1, 0.15) is 5.52 Å². The van der Waals surface area contributed by atoms with Crippen LogP contribution in [0.4, 0.5) is 5.69 Å². The molecule has 1 N–H and O–H groups in total. The summed E-state index contributed by atoms with van der Waals surface area (Å²) in [7, 11) is 0. The Bertz CT molecular complexity index is 1460. The van der Waals surface area contributed by atoms with Crippen molar-refractivity contribution in [2.75, 3.05) is 5.32 Å². The van der Waals surface area contributed by atoms with Crippen molar-refractivity contribution in [3.63, 3.8) is 0 Å². The summed E-state index contributed by atoms with van der Waals surface area (Å²) in [5.41, 5.74) is 2.99. The van der Waals surface area contributed by atoms with Crippen LogP contribution in [0.2, 0.25) is 0 Å². The number of carbonyl (C=O) groups is 2. The predicted octanol–water partition coefficient (Wildman–Crippen LogP) is 5.62. The third-order valence-electron chi connectivity index (χ3n) is 5.51. The Balaban J connectivity index is 1.49. The van der Waals surface area contributed by atoms with E-state index in [1.165, 1.54) is 0 Å². The van der Waals surface area contributed by atoms with Crippen molar-refractivity contribution in [1.82, 2.24) is 9.97 Å². The topological polar surface area (TPSA) is 94.3 Å². The number of esters is 1. The lowest BCUT2D eigenvalue weighted by molar-refractivity contribution is -0.124. The number of nitrogens with one attached hydrogen (secondary N) is 1. The Morgan fingerprint density at radius 3 is 2.50 bits per heavy atom. The smallest absolute Gasteiger partial charge is 0.339 e. The summed E-state index contributed by atoms with van der Waals surface area (Å²) < 4.78 is 11.6. The van der Waals surface area contributed by atoms with Crippen molar-refractivity contribution in [3.05, 3.63) is 90.8 Å². The van der Waals surface area contributed by atoms with Crippen molar-refractivity contribution in [2.45, 2.75) is 19.4 Å². The molecule has 0 spiro atoms. The molecule has 0 bridgehead atoms. The molecular formula is C27H21N3O4. The number of rotatable bonds is 6. The normalized spacial score (nSPS) is 11.9. The van der Waals surface area contributed by atoms with Crippen molar-refractivity contribution < 1.29 is 18.7 Å². The van der Waals surface area contributed by atoms with Gasteiger partial charge in [0, 0.05) is 29.0 Å². The van der Waals surface area contributed by atoms with E-state index in [0.29, 0.717) is 40.1 Å². The first-order chi connectivity index (χ1) is 16.6. The quantitative estimate of drug-likeness (QED) is 0.337. The Kier molecular flexibility index (Phi) is 5.74. The highest BCUT2D eigenvalue weighted by atomic mass is 16.5. The number of carbonyl (C=O) groups excluding carboxylic acids is 2. The first kappa shape index (κ1) is 21.3. The van der Waals surface area contributed by atoms with Crippen LogP contribution in [-0.4, -0.2) is 27.9 Å². The van der Waals surface area contributed by atoms with E-state index < -0.39 is 18.0 Å². The third kappa shape index (κ3) is 4.11. The molecule has 0 aliphatic rings. The highest BCUT2D eigenvalue weighted by molar-refractivity contribution is 6.10. The van der Waals surface area contributed by atoms with Gasteiger partial charge in [-0.05, 0) is 48.2 Å². The van der Waals surface area contributed by atoms with E-state index in [-0.39, 0.29) is 0 Å². The molecule has 2 aromatic heterocycles. The lowest BCUT2D eigenvalue weighted by Gasteiger charge is -2.17. The number of nitrogens with zero attached hydrogens (tertiary/aromatic N) is 2. The van der Waals surface area contributed by atoms with Crippen LogP contribution in [0.1, 0.15) is 23.7 Å². The second-order valence-corrected chi connectivity index (χ2v) is 7.72. The van der Waals surface area contributed by atoms with Gasteiger partial charge in [-0.15, -0.1) is 0 Å². The van der Waals surface area contributed by atoms with E-state index in [1.807, 2.05) is 48.5 Å². The summed E-state index contributed by atoms with van der Waals surface area (Å²) in [5.74, 6) is -0.582. The van der Waals surface area contributed by atoms with Crippen LogP contribution >= 0.6 is 0 Å². The van der Waals surface area contributed by atoms with Crippen LogP contribution in [0.5, 0.6) is 0 Å². The molecule has 5 rings (SSSR count). The average Bonchev–Trinajstić information content (AvgIpc) is 3.31. The standard InChI is InChI=1S/C27H21N3O4/c1-2-22(25(31)29-18-13-15-28-16-14-18)34-27(32)20-10-6-8-17-7-5-9-19(24(17)20)26-30-21-11-3-4-12-23(21)33-26/h3-16,22H,2H2,1H3,(H,28,29,31). The van der Waals surface area contributed by atoms with Crippen LogP contribution < -0.4 is 5.32 Å². The summed E-state index contributed by atoms with van der Waals surface area (Å²) in [6.45, 7) is 1.79. The van der Waals surface area contributed by atoms with Crippen molar-refractivity contribution in [2.24, 2.45) is 0 Å². The largest absolute Gasteiger partial charge is 0.449 e. The van der Waals surface area contributed by atoms with Crippen molar-refractivity contribution >= 4 is 39.4 Å². The highest BCUT2D eigenvalue weighted by Crippen LogP contribution is 2.33. The van der Waals surface area contributed by atoms with Crippen molar-refractivity contribution in [1.29, 1.82) is 0 Å². The Labute approximate surface area is 195 Å². The molecule has 0 saturated carbocycles. The number of amides is 1. The van der Waals surface area contributed by atoms with E-state index in [1.54, 1.807) is 43.6 Å². The zero-order chi connectivity index (χ0) is 23.5. The van der Waals surface area contributed by atoms with Crippen LogP contribution in [0, 0.1) is 0 Å². The molecular weight excluding hydrogens is 430 g/mol.